The molecule has 0 fully saturated rings. The van der Waals surface area contributed by atoms with E-state index in [1.807, 2.05) is 18.2 Å². The molecule has 3 heteroatoms. The Morgan fingerprint density at radius 1 is 1.45 bits per heavy atom. The fourth-order valence-electron chi connectivity index (χ4n) is 0.741. The van der Waals surface area contributed by atoms with Crippen LogP contribution in [0.3, 0.4) is 0 Å². The van der Waals surface area contributed by atoms with E-state index < -0.39 is 0 Å². The standard InChI is InChI=1S/C8H5Br2N/c9-4-6-1-2-8(10)7(3-6)5-11/h1-3H,4H2. The lowest BCUT2D eigenvalue weighted by Crippen LogP contribution is -1.81. The summed E-state index contributed by atoms with van der Waals surface area (Å²) < 4.78 is 0.852. The van der Waals surface area contributed by atoms with Gasteiger partial charge in [0.2, 0.25) is 0 Å². The Balaban J connectivity index is 3.15. The lowest BCUT2D eigenvalue weighted by molar-refractivity contribution is 1.38. The predicted molar refractivity (Wildman–Crippen MR) is 51.5 cm³/mol. The Hall–Kier alpha value is -0.330. The SMILES string of the molecule is N#Cc1cc(CBr)ccc1Br. The van der Waals surface area contributed by atoms with Crippen molar-refractivity contribution >= 4 is 31.9 Å². The van der Waals surface area contributed by atoms with E-state index in [0.717, 1.165) is 15.4 Å². The fraction of sp³-hybridized carbons (Fsp3) is 0.125. The normalized spacial score (nSPS) is 9.18. The molecule has 0 aliphatic rings. The Labute approximate surface area is 82.3 Å². The summed E-state index contributed by atoms with van der Waals surface area (Å²) >= 11 is 6.60. The van der Waals surface area contributed by atoms with Gasteiger partial charge in [-0.2, -0.15) is 5.26 Å². The first-order chi connectivity index (χ1) is 5.27. The second kappa shape index (κ2) is 3.89. The summed E-state index contributed by atoms with van der Waals surface area (Å²) in [4.78, 5) is 0. The van der Waals surface area contributed by atoms with Gasteiger partial charge in [0.1, 0.15) is 6.07 Å². The molecule has 0 saturated heterocycles. The maximum Gasteiger partial charge on any atom is 0.100 e. The van der Waals surface area contributed by atoms with Gasteiger partial charge in [0.25, 0.3) is 0 Å². The molecule has 0 aliphatic heterocycles. The van der Waals surface area contributed by atoms with Crippen molar-refractivity contribution in [1.82, 2.24) is 0 Å². The van der Waals surface area contributed by atoms with Crippen LogP contribution in [-0.4, -0.2) is 0 Å². The minimum absolute atomic E-state index is 0.682. The molecule has 1 rings (SSSR count). The van der Waals surface area contributed by atoms with Crippen molar-refractivity contribution in [3.8, 4) is 6.07 Å². The number of nitrogens with zero attached hydrogens (tertiary/aromatic N) is 1. The van der Waals surface area contributed by atoms with Gasteiger partial charge < -0.3 is 0 Å². The van der Waals surface area contributed by atoms with Crippen molar-refractivity contribution in [1.29, 1.82) is 5.26 Å². The highest BCUT2D eigenvalue weighted by atomic mass is 79.9. The molecule has 0 atom stereocenters. The van der Waals surface area contributed by atoms with E-state index in [0.29, 0.717) is 5.56 Å². The first-order valence-corrected chi connectivity index (χ1v) is 4.94. The molecule has 1 aromatic carbocycles. The lowest BCUT2D eigenvalue weighted by Gasteiger charge is -1.97. The molecule has 1 nitrogen and oxygen atoms in total. The summed E-state index contributed by atoms with van der Waals surface area (Å²) in [5.74, 6) is 0. The summed E-state index contributed by atoms with van der Waals surface area (Å²) in [6, 6.07) is 7.82. The quantitative estimate of drug-likeness (QED) is 0.722. The van der Waals surface area contributed by atoms with Crippen LogP contribution in [-0.2, 0) is 5.33 Å². The minimum atomic E-state index is 0.682. The van der Waals surface area contributed by atoms with Gasteiger partial charge in [-0.15, -0.1) is 0 Å². The third-order valence-corrected chi connectivity index (χ3v) is 2.64. The van der Waals surface area contributed by atoms with E-state index in [1.54, 1.807) is 0 Å². The van der Waals surface area contributed by atoms with Crippen molar-refractivity contribution in [2.45, 2.75) is 5.33 Å². The van der Waals surface area contributed by atoms with Crippen LogP contribution in [0.4, 0.5) is 0 Å². The molecule has 0 unspecified atom stereocenters. The Morgan fingerprint density at radius 2 is 2.18 bits per heavy atom. The topological polar surface area (TPSA) is 23.8 Å². The Morgan fingerprint density at radius 3 is 2.73 bits per heavy atom. The molecule has 0 spiro atoms. The van der Waals surface area contributed by atoms with E-state index in [9.17, 15) is 0 Å². The molecule has 0 bridgehead atoms. The molecule has 0 aliphatic carbocycles. The van der Waals surface area contributed by atoms with Crippen molar-refractivity contribution in [3.05, 3.63) is 33.8 Å². The third kappa shape index (κ3) is 2.05. The van der Waals surface area contributed by atoms with E-state index >= 15 is 0 Å². The van der Waals surface area contributed by atoms with E-state index in [2.05, 4.69) is 37.9 Å². The first kappa shape index (κ1) is 8.76. The zero-order valence-corrected chi connectivity index (χ0v) is 8.81. The monoisotopic (exact) mass is 273 g/mol. The molecule has 1 aromatic rings. The predicted octanol–water partition coefficient (Wildman–Crippen LogP) is 3.22. The summed E-state index contributed by atoms with van der Waals surface area (Å²) in [7, 11) is 0. The number of rotatable bonds is 1. The van der Waals surface area contributed by atoms with Gasteiger partial charge in [-0.05, 0) is 33.6 Å². The third-order valence-electron chi connectivity index (χ3n) is 1.31. The van der Waals surface area contributed by atoms with E-state index in [-0.39, 0.29) is 0 Å². The average molecular weight is 275 g/mol. The maximum absolute atomic E-state index is 8.64. The number of hydrogen-bond donors (Lipinski definition) is 0. The van der Waals surface area contributed by atoms with Crippen molar-refractivity contribution in [2.24, 2.45) is 0 Å². The second-order valence-corrected chi connectivity index (χ2v) is 3.47. The summed E-state index contributed by atoms with van der Waals surface area (Å²) in [5.41, 5.74) is 1.80. The van der Waals surface area contributed by atoms with Crippen LogP contribution in [0.1, 0.15) is 11.1 Å². The molecular weight excluding hydrogens is 270 g/mol. The van der Waals surface area contributed by atoms with Crippen molar-refractivity contribution < 1.29 is 0 Å². The molecule has 0 heterocycles. The van der Waals surface area contributed by atoms with Crippen LogP contribution in [0.25, 0.3) is 0 Å². The molecule has 11 heavy (non-hydrogen) atoms. The Bertz CT molecular complexity index is 301. The molecule has 0 N–H and O–H groups in total. The fourth-order valence-corrected chi connectivity index (χ4v) is 1.43. The number of alkyl halides is 1. The van der Waals surface area contributed by atoms with Gasteiger partial charge >= 0.3 is 0 Å². The number of halogens is 2. The number of benzene rings is 1. The second-order valence-electron chi connectivity index (χ2n) is 2.06. The van der Waals surface area contributed by atoms with Gasteiger partial charge in [-0.1, -0.05) is 22.0 Å². The minimum Gasteiger partial charge on any atom is -0.192 e. The van der Waals surface area contributed by atoms with Crippen LogP contribution < -0.4 is 0 Å². The summed E-state index contributed by atoms with van der Waals surface area (Å²) in [6.07, 6.45) is 0. The van der Waals surface area contributed by atoms with Crippen LogP contribution in [0, 0.1) is 11.3 Å². The van der Waals surface area contributed by atoms with Gasteiger partial charge in [-0.25, -0.2) is 0 Å². The zero-order chi connectivity index (χ0) is 8.27. The van der Waals surface area contributed by atoms with E-state index in [1.165, 1.54) is 0 Å². The smallest absolute Gasteiger partial charge is 0.100 e. The molecule has 0 radical (unpaired) electrons. The highest BCUT2D eigenvalue weighted by Gasteiger charge is 1.98. The van der Waals surface area contributed by atoms with Crippen LogP contribution >= 0.6 is 31.9 Å². The van der Waals surface area contributed by atoms with Gasteiger partial charge in [0.05, 0.1) is 5.56 Å². The van der Waals surface area contributed by atoms with Crippen LogP contribution in [0.15, 0.2) is 22.7 Å². The van der Waals surface area contributed by atoms with Crippen LogP contribution in [0.5, 0.6) is 0 Å². The molecule has 0 amide bonds. The molecule has 0 aromatic heterocycles. The lowest BCUT2D eigenvalue weighted by atomic mass is 10.2. The maximum atomic E-state index is 8.64. The van der Waals surface area contributed by atoms with Gasteiger partial charge in [0.15, 0.2) is 0 Å². The van der Waals surface area contributed by atoms with Gasteiger partial charge in [-0.3, -0.25) is 0 Å². The number of hydrogen-bond acceptors (Lipinski definition) is 1. The van der Waals surface area contributed by atoms with Gasteiger partial charge in [0, 0.05) is 9.80 Å². The molecule has 56 valence electrons. The zero-order valence-electron chi connectivity index (χ0n) is 5.64. The molecule has 0 saturated carbocycles. The highest BCUT2D eigenvalue weighted by Crippen LogP contribution is 2.18. The Kier molecular flexibility index (Phi) is 3.10. The van der Waals surface area contributed by atoms with Crippen molar-refractivity contribution in [2.75, 3.05) is 0 Å². The first-order valence-electron chi connectivity index (χ1n) is 3.02. The largest absolute Gasteiger partial charge is 0.192 e. The number of nitriles is 1. The highest BCUT2D eigenvalue weighted by molar-refractivity contribution is 9.10. The average Bonchev–Trinajstić information content (AvgIpc) is 2.05. The summed E-state index contributed by atoms with van der Waals surface area (Å²) in [6.45, 7) is 0. The van der Waals surface area contributed by atoms with Crippen molar-refractivity contribution in [3.63, 3.8) is 0 Å². The molecular formula is C8H5Br2N. The summed E-state index contributed by atoms with van der Waals surface area (Å²) in [5, 5.41) is 9.43. The van der Waals surface area contributed by atoms with Crippen LogP contribution in [0.2, 0.25) is 0 Å². The van der Waals surface area contributed by atoms with E-state index in [4.69, 9.17) is 5.26 Å².